The number of unbranched alkanes of at least 4 members (excludes halogenated alkanes) is 24. The van der Waals surface area contributed by atoms with Gasteiger partial charge in [0.2, 0.25) is 0 Å². The maximum absolute atomic E-state index is 13.2. The summed E-state index contributed by atoms with van der Waals surface area (Å²) >= 11 is 0. The number of esters is 2. The van der Waals surface area contributed by atoms with Crippen LogP contribution in [-0.4, -0.2) is 62.5 Å². The molecule has 0 heterocycles. The van der Waals surface area contributed by atoms with Gasteiger partial charge in [0.1, 0.15) is 6.61 Å². The maximum Gasteiger partial charge on any atom is 0.483 e. The van der Waals surface area contributed by atoms with Gasteiger partial charge in [-0.3, -0.25) is 23.2 Å². The summed E-state index contributed by atoms with van der Waals surface area (Å²) in [5.41, 5.74) is 10.8. The lowest BCUT2D eigenvalue weighted by molar-refractivity contribution is -0.161. The third-order valence-electron chi connectivity index (χ3n) is 9.06. The summed E-state index contributed by atoms with van der Waals surface area (Å²) in [4.78, 5) is 35.3. The Bertz CT molecular complexity index is 977. The molecule has 0 rings (SSSR count). The Morgan fingerprint density at radius 2 is 0.889 bits per heavy atom. The lowest BCUT2D eigenvalue weighted by atomic mass is 10.0. The Kier molecular flexibility index (Phi) is 37.1. The zero-order valence-electron chi connectivity index (χ0n) is 34.2. The van der Waals surface area contributed by atoms with Crippen LogP contribution < -0.4 is 11.5 Å². The van der Waals surface area contributed by atoms with Crippen molar-refractivity contribution in [3.63, 3.8) is 0 Å². The van der Waals surface area contributed by atoms with Crippen molar-refractivity contribution in [3.05, 3.63) is 0 Å². The van der Waals surface area contributed by atoms with Crippen LogP contribution in [0.5, 0.6) is 0 Å². The molecule has 0 saturated heterocycles. The largest absolute Gasteiger partial charge is 0.483 e. The molecule has 322 valence electrons. The molecule has 0 amide bonds. The van der Waals surface area contributed by atoms with E-state index in [4.69, 9.17) is 34.3 Å². The molecule has 0 aromatic carbocycles. The molecule has 0 aliphatic rings. The average Bonchev–Trinajstić information content (AvgIpc) is 3.14. The van der Waals surface area contributed by atoms with Gasteiger partial charge in [-0.1, -0.05) is 168 Å². The van der Waals surface area contributed by atoms with Crippen LogP contribution in [0.3, 0.4) is 0 Å². The SMILES string of the molecule is CCCCCCCCCCCCCCCC(=O)OC[C@H](COP(=O)(OCCN)OP(=O)(O)OCCN)OC(=O)CCCCCCCCCCCCCCC. The van der Waals surface area contributed by atoms with Crippen molar-refractivity contribution in [3.8, 4) is 0 Å². The Hall–Kier alpha value is -0.880. The smallest absolute Gasteiger partial charge is 0.462 e. The van der Waals surface area contributed by atoms with E-state index in [2.05, 4.69) is 18.4 Å². The topological polar surface area (TPSA) is 196 Å². The summed E-state index contributed by atoms with van der Waals surface area (Å²) in [7, 11) is -9.62. The summed E-state index contributed by atoms with van der Waals surface area (Å²) in [6.45, 7) is 2.64. The highest BCUT2D eigenvalue weighted by molar-refractivity contribution is 7.61. The van der Waals surface area contributed by atoms with E-state index in [1.54, 1.807) is 0 Å². The van der Waals surface area contributed by atoms with Crippen LogP contribution in [-0.2, 0) is 46.1 Å². The number of phosphoric ester groups is 2. The van der Waals surface area contributed by atoms with Crippen molar-refractivity contribution in [2.45, 2.75) is 200 Å². The zero-order valence-corrected chi connectivity index (χ0v) is 36.0. The Morgan fingerprint density at radius 3 is 1.30 bits per heavy atom. The van der Waals surface area contributed by atoms with Crippen molar-refractivity contribution in [1.82, 2.24) is 0 Å². The number of phosphoric acid groups is 2. The number of rotatable bonds is 42. The van der Waals surface area contributed by atoms with Gasteiger partial charge >= 0.3 is 27.6 Å². The number of hydrogen-bond acceptors (Lipinski definition) is 12. The van der Waals surface area contributed by atoms with Crippen LogP contribution in [0.4, 0.5) is 0 Å². The maximum atomic E-state index is 13.2. The van der Waals surface area contributed by atoms with Crippen LogP contribution in [0.2, 0.25) is 0 Å². The predicted octanol–water partition coefficient (Wildman–Crippen LogP) is 10.6. The third kappa shape index (κ3) is 35.5. The lowest BCUT2D eigenvalue weighted by Gasteiger charge is -2.23. The highest BCUT2D eigenvalue weighted by atomic mass is 31.3. The van der Waals surface area contributed by atoms with Crippen molar-refractivity contribution in [1.29, 1.82) is 0 Å². The molecule has 0 saturated carbocycles. The second kappa shape index (κ2) is 37.7. The van der Waals surface area contributed by atoms with Crippen molar-refractivity contribution >= 4 is 27.6 Å². The summed E-state index contributed by atoms with van der Waals surface area (Å²) in [6, 6.07) is 0. The molecule has 0 aliphatic carbocycles. The minimum atomic E-state index is -4.89. The van der Waals surface area contributed by atoms with Crippen LogP contribution >= 0.6 is 15.6 Å². The van der Waals surface area contributed by atoms with Gasteiger partial charge in [-0.15, -0.1) is 0 Å². The Labute approximate surface area is 328 Å². The first-order valence-corrected chi connectivity index (χ1v) is 24.4. The molecule has 0 spiro atoms. The molecule has 54 heavy (non-hydrogen) atoms. The first kappa shape index (κ1) is 53.1. The number of carbonyl (C=O) groups excluding carboxylic acids is 2. The van der Waals surface area contributed by atoms with Crippen molar-refractivity contribution in [2.24, 2.45) is 11.5 Å². The fourth-order valence-electron chi connectivity index (χ4n) is 5.93. The highest BCUT2D eigenvalue weighted by Crippen LogP contribution is 2.63. The van der Waals surface area contributed by atoms with E-state index >= 15 is 0 Å². The molecule has 0 aromatic heterocycles. The number of ether oxygens (including phenoxy) is 2. The first-order valence-electron chi connectivity index (χ1n) is 21.4. The average molecular weight is 815 g/mol. The van der Waals surface area contributed by atoms with Gasteiger partial charge < -0.3 is 25.8 Å². The van der Waals surface area contributed by atoms with Crippen LogP contribution in [0, 0.1) is 0 Å². The molecule has 5 N–H and O–H groups in total. The van der Waals surface area contributed by atoms with Gasteiger partial charge in [0.15, 0.2) is 6.10 Å². The second-order valence-electron chi connectivity index (χ2n) is 14.3. The van der Waals surface area contributed by atoms with Gasteiger partial charge in [-0.05, 0) is 12.8 Å². The molecule has 0 aromatic rings. The van der Waals surface area contributed by atoms with Gasteiger partial charge in [-0.25, -0.2) is 9.13 Å². The molecule has 3 atom stereocenters. The van der Waals surface area contributed by atoms with Gasteiger partial charge in [0, 0.05) is 25.9 Å². The van der Waals surface area contributed by atoms with Gasteiger partial charge in [0.25, 0.3) is 0 Å². The van der Waals surface area contributed by atoms with E-state index < -0.39 is 40.3 Å². The van der Waals surface area contributed by atoms with E-state index in [-0.39, 0.29) is 45.8 Å². The first-order chi connectivity index (χ1) is 26.1. The normalized spacial score (nSPS) is 14.4. The molecule has 15 heteroatoms. The highest BCUT2D eigenvalue weighted by Gasteiger charge is 2.39. The predicted molar refractivity (Wildman–Crippen MR) is 216 cm³/mol. The van der Waals surface area contributed by atoms with Crippen molar-refractivity contribution in [2.75, 3.05) is 39.5 Å². The molecule has 0 bridgehead atoms. The monoisotopic (exact) mass is 815 g/mol. The van der Waals surface area contributed by atoms with Crippen LogP contribution in [0.25, 0.3) is 0 Å². The molecule has 0 fully saturated rings. The molecular weight excluding hydrogens is 734 g/mol. The summed E-state index contributed by atoms with van der Waals surface area (Å²) in [6.07, 6.45) is 30.0. The fraction of sp³-hybridized carbons (Fsp3) is 0.949. The lowest BCUT2D eigenvalue weighted by Crippen LogP contribution is -2.29. The second-order valence-corrected chi connectivity index (χ2v) is 17.6. The molecular formula is C39H80N2O11P2. The number of hydrogen-bond donors (Lipinski definition) is 3. The quantitative estimate of drug-likeness (QED) is 0.0299. The summed E-state index contributed by atoms with van der Waals surface area (Å²) in [5.74, 6) is -0.985. The molecule has 0 aliphatic heterocycles. The van der Waals surface area contributed by atoms with Crippen LogP contribution in [0.15, 0.2) is 0 Å². The summed E-state index contributed by atoms with van der Waals surface area (Å²) in [5, 5.41) is 0. The zero-order chi connectivity index (χ0) is 40.0. The van der Waals surface area contributed by atoms with E-state index in [9.17, 15) is 23.6 Å². The molecule has 0 radical (unpaired) electrons. The number of carbonyl (C=O) groups is 2. The van der Waals surface area contributed by atoms with Crippen molar-refractivity contribution < 1.29 is 51.0 Å². The fourth-order valence-corrected chi connectivity index (χ4v) is 8.60. The van der Waals surface area contributed by atoms with E-state index in [1.165, 1.54) is 116 Å². The number of nitrogens with two attached hydrogens (primary N) is 2. The van der Waals surface area contributed by atoms with Gasteiger partial charge in [0.05, 0.1) is 19.8 Å². The minimum Gasteiger partial charge on any atom is -0.462 e. The standard InChI is InChI=1S/C39H80N2O11P2/c1-3-5-7-9-11-13-15-17-19-21-23-25-27-29-38(42)47-35-37(36-50-54(46,49-34-32-41)52-53(44,45)48-33-31-40)51-39(43)30-28-26-24-22-20-18-16-14-12-10-8-6-4-2/h37H,3-36,40-41H2,1-2H3,(H,44,45)/t37-,54?/m1/s1. The molecule has 2 unspecified atom stereocenters. The third-order valence-corrected chi connectivity index (χ3v) is 12.2. The van der Waals surface area contributed by atoms with Crippen LogP contribution in [0.1, 0.15) is 194 Å². The van der Waals surface area contributed by atoms with E-state index in [1.807, 2.05) is 0 Å². The van der Waals surface area contributed by atoms with E-state index in [0.717, 1.165) is 38.5 Å². The Balaban J connectivity index is 4.76. The summed E-state index contributed by atoms with van der Waals surface area (Å²) < 4.78 is 56.2. The Morgan fingerprint density at radius 1 is 0.519 bits per heavy atom. The minimum absolute atomic E-state index is 0.0926. The van der Waals surface area contributed by atoms with E-state index in [0.29, 0.717) is 12.8 Å². The van der Waals surface area contributed by atoms with Gasteiger partial charge in [-0.2, -0.15) is 4.31 Å². The molecule has 13 nitrogen and oxygen atoms in total.